The van der Waals surface area contributed by atoms with Crippen LogP contribution in [0.2, 0.25) is 0 Å². The Morgan fingerprint density at radius 2 is 2.13 bits per heavy atom. The second kappa shape index (κ2) is 7.46. The molecule has 0 amide bonds. The van der Waals surface area contributed by atoms with Crippen molar-refractivity contribution in [3.8, 4) is 0 Å². The smallest absolute Gasteiger partial charge is 0.305 e. The van der Waals surface area contributed by atoms with Crippen LogP contribution >= 0.6 is 0 Å². The summed E-state index contributed by atoms with van der Waals surface area (Å²) in [6.07, 6.45) is 9.42. The van der Waals surface area contributed by atoms with E-state index in [-0.39, 0.29) is 5.97 Å². The molecule has 0 spiro atoms. The zero-order valence-corrected chi connectivity index (χ0v) is 9.15. The maximum atomic E-state index is 11.2. The zero-order chi connectivity index (χ0) is 10.9. The molecule has 0 aliphatic carbocycles. The Bertz CT molecular complexity index is 211. The number of hydrogen-bond donors (Lipinski definition) is 1. The van der Waals surface area contributed by atoms with E-state index in [9.17, 15) is 9.90 Å². The first-order valence-electron chi connectivity index (χ1n) is 5.78. The Morgan fingerprint density at radius 1 is 1.27 bits per heavy atom. The van der Waals surface area contributed by atoms with Crippen LogP contribution in [-0.4, -0.2) is 23.8 Å². The lowest BCUT2D eigenvalue weighted by atomic mass is 10.1. The summed E-state index contributed by atoms with van der Waals surface area (Å²) in [6, 6.07) is 0. The molecule has 1 atom stereocenters. The topological polar surface area (TPSA) is 46.5 Å². The maximum Gasteiger partial charge on any atom is 0.305 e. The summed E-state index contributed by atoms with van der Waals surface area (Å²) in [5.74, 6) is -0.183. The van der Waals surface area contributed by atoms with Crippen molar-refractivity contribution in [1.29, 1.82) is 0 Å². The van der Waals surface area contributed by atoms with Crippen molar-refractivity contribution in [2.75, 3.05) is 6.61 Å². The second-order valence-electron chi connectivity index (χ2n) is 3.97. The zero-order valence-electron chi connectivity index (χ0n) is 9.15. The SMILES string of the molecule is O=C1CCC(O)CC=CCCCCCO1. The van der Waals surface area contributed by atoms with Gasteiger partial charge in [0.05, 0.1) is 12.7 Å². The van der Waals surface area contributed by atoms with Gasteiger partial charge >= 0.3 is 5.97 Å². The molecule has 3 nitrogen and oxygen atoms in total. The summed E-state index contributed by atoms with van der Waals surface area (Å²) >= 11 is 0. The van der Waals surface area contributed by atoms with Crippen molar-refractivity contribution in [3.05, 3.63) is 12.2 Å². The molecule has 0 radical (unpaired) electrons. The van der Waals surface area contributed by atoms with Gasteiger partial charge in [0.2, 0.25) is 0 Å². The average molecular weight is 212 g/mol. The minimum Gasteiger partial charge on any atom is -0.466 e. The quantitative estimate of drug-likeness (QED) is 0.494. The largest absolute Gasteiger partial charge is 0.466 e. The number of hydrogen-bond acceptors (Lipinski definition) is 3. The number of esters is 1. The van der Waals surface area contributed by atoms with Gasteiger partial charge in [0, 0.05) is 6.42 Å². The number of rotatable bonds is 0. The third kappa shape index (κ3) is 6.28. The molecule has 1 unspecified atom stereocenters. The lowest BCUT2D eigenvalue weighted by Gasteiger charge is -2.07. The van der Waals surface area contributed by atoms with Crippen LogP contribution in [0.1, 0.15) is 44.9 Å². The van der Waals surface area contributed by atoms with Gasteiger partial charge in [0.1, 0.15) is 0 Å². The molecule has 0 aromatic heterocycles. The number of allylic oxidation sites excluding steroid dienone is 1. The van der Waals surface area contributed by atoms with Crippen LogP contribution in [0.4, 0.5) is 0 Å². The van der Waals surface area contributed by atoms with Crippen LogP contribution in [0.5, 0.6) is 0 Å². The average Bonchev–Trinajstić information content (AvgIpc) is 2.24. The molecule has 0 aromatic rings. The molecule has 1 aliphatic heterocycles. The van der Waals surface area contributed by atoms with Crippen molar-refractivity contribution < 1.29 is 14.6 Å². The standard InChI is InChI=1S/C12H20O3/c13-11-7-5-3-1-2-4-6-10-15-12(14)9-8-11/h3,5,11,13H,1-2,4,6-10H2. The first-order chi connectivity index (χ1) is 7.29. The lowest BCUT2D eigenvalue weighted by molar-refractivity contribution is -0.144. The van der Waals surface area contributed by atoms with Crippen LogP contribution < -0.4 is 0 Å². The number of aliphatic hydroxyl groups is 1. The van der Waals surface area contributed by atoms with Crippen molar-refractivity contribution in [3.63, 3.8) is 0 Å². The number of aliphatic hydroxyl groups excluding tert-OH is 1. The summed E-state index contributed by atoms with van der Waals surface area (Å²) in [5.41, 5.74) is 0. The molecule has 1 aliphatic rings. The summed E-state index contributed by atoms with van der Waals surface area (Å²) in [6.45, 7) is 0.526. The summed E-state index contributed by atoms with van der Waals surface area (Å²) in [7, 11) is 0. The molecular weight excluding hydrogens is 192 g/mol. The predicted octanol–water partition coefficient (Wildman–Crippen LogP) is 2.19. The highest BCUT2D eigenvalue weighted by molar-refractivity contribution is 5.69. The number of carbonyl (C=O) groups excluding carboxylic acids is 1. The predicted molar refractivity (Wildman–Crippen MR) is 58.4 cm³/mol. The van der Waals surface area contributed by atoms with Crippen LogP contribution in [0.3, 0.4) is 0 Å². The third-order valence-corrected chi connectivity index (χ3v) is 2.53. The summed E-state index contributed by atoms with van der Waals surface area (Å²) in [4.78, 5) is 11.2. The van der Waals surface area contributed by atoms with Crippen molar-refractivity contribution in [1.82, 2.24) is 0 Å². The Morgan fingerprint density at radius 3 is 3.00 bits per heavy atom. The fraction of sp³-hybridized carbons (Fsp3) is 0.750. The normalized spacial score (nSPS) is 25.9. The molecule has 0 bridgehead atoms. The van der Waals surface area contributed by atoms with Gasteiger partial charge < -0.3 is 9.84 Å². The Hall–Kier alpha value is -0.830. The summed E-state index contributed by atoms with van der Waals surface area (Å²) < 4.78 is 5.03. The summed E-state index contributed by atoms with van der Waals surface area (Å²) in [5, 5.41) is 9.52. The van der Waals surface area contributed by atoms with Gasteiger partial charge in [-0.25, -0.2) is 0 Å². The van der Waals surface area contributed by atoms with Crippen molar-refractivity contribution >= 4 is 5.97 Å². The maximum absolute atomic E-state index is 11.2. The lowest BCUT2D eigenvalue weighted by Crippen LogP contribution is -2.11. The van der Waals surface area contributed by atoms with E-state index in [1.807, 2.05) is 6.08 Å². The fourth-order valence-electron chi connectivity index (χ4n) is 1.57. The monoisotopic (exact) mass is 212 g/mol. The van der Waals surface area contributed by atoms with Crippen LogP contribution in [-0.2, 0) is 9.53 Å². The van der Waals surface area contributed by atoms with Gasteiger partial charge in [-0.3, -0.25) is 4.79 Å². The minimum atomic E-state index is -0.408. The van der Waals surface area contributed by atoms with Gasteiger partial charge in [0.25, 0.3) is 0 Å². The van der Waals surface area contributed by atoms with E-state index >= 15 is 0 Å². The molecule has 3 heteroatoms. The van der Waals surface area contributed by atoms with Crippen molar-refractivity contribution in [2.24, 2.45) is 0 Å². The van der Waals surface area contributed by atoms with E-state index in [4.69, 9.17) is 4.74 Å². The molecule has 1 rings (SSSR count). The molecule has 0 saturated heterocycles. The number of ether oxygens (including phenoxy) is 1. The molecule has 0 fully saturated rings. The van der Waals surface area contributed by atoms with Crippen LogP contribution in [0, 0.1) is 0 Å². The van der Waals surface area contributed by atoms with Gasteiger partial charge in [-0.05, 0) is 38.5 Å². The Balaban J connectivity index is 2.33. The molecule has 1 heterocycles. The molecular formula is C12H20O3. The highest BCUT2D eigenvalue weighted by atomic mass is 16.5. The van der Waals surface area contributed by atoms with E-state index in [2.05, 4.69) is 6.08 Å². The Labute approximate surface area is 91.1 Å². The molecule has 86 valence electrons. The molecule has 15 heavy (non-hydrogen) atoms. The van der Waals surface area contributed by atoms with E-state index < -0.39 is 6.10 Å². The second-order valence-corrected chi connectivity index (χ2v) is 3.97. The van der Waals surface area contributed by atoms with E-state index in [0.717, 1.165) is 25.7 Å². The van der Waals surface area contributed by atoms with E-state index in [0.29, 0.717) is 25.9 Å². The van der Waals surface area contributed by atoms with E-state index in [1.54, 1.807) is 0 Å². The number of cyclic esters (lactones) is 1. The van der Waals surface area contributed by atoms with Gasteiger partial charge in [-0.2, -0.15) is 0 Å². The number of carbonyl (C=O) groups is 1. The van der Waals surface area contributed by atoms with Crippen LogP contribution in [0.25, 0.3) is 0 Å². The molecule has 0 saturated carbocycles. The minimum absolute atomic E-state index is 0.183. The highest BCUT2D eigenvalue weighted by Crippen LogP contribution is 2.08. The first-order valence-corrected chi connectivity index (χ1v) is 5.78. The fourth-order valence-corrected chi connectivity index (χ4v) is 1.57. The first kappa shape index (κ1) is 12.2. The van der Waals surface area contributed by atoms with Crippen LogP contribution in [0.15, 0.2) is 12.2 Å². The third-order valence-electron chi connectivity index (χ3n) is 2.53. The van der Waals surface area contributed by atoms with Crippen molar-refractivity contribution in [2.45, 2.75) is 51.0 Å². The van der Waals surface area contributed by atoms with E-state index in [1.165, 1.54) is 0 Å². The van der Waals surface area contributed by atoms with Gasteiger partial charge in [0.15, 0.2) is 0 Å². The molecule has 0 aromatic carbocycles. The van der Waals surface area contributed by atoms with Gasteiger partial charge in [-0.1, -0.05) is 12.2 Å². The Kier molecular flexibility index (Phi) is 6.09. The highest BCUT2D eigenvalue weighted by Gasteiger charge is 2.08. The molecule has 1 N–H and O–H groups in total. The van der Waals surface area contributed by atoms with Gasteiger partial charge in [-0.15, -0.1) is 0 Å².